The normalized spacial score (nSPS) is 18.3. The molecule has 0 aromatic carbocycles. The van der Waals surface area contributed by atoms with Crippen LogP contribution < -0.4 is 5.32 Å². The van der Waals surface area contributed by atoms with Gasteiger partial charge in [-0.2, -0.15) is 0 Å². The first-order valence-corrected chi connectivity index (χ1v) is 6.11. The Labute approximate surface area is 101 Å². The summed E-state index contributed by atoms with van der Waals surface area (Å²) in [6, 6.07) is 1.70. The highest BCUT2D eigenvalue weighted by atomic mass is 79.9. The summed E-state index contributed by atoms with van der Waals surface area (Å²) in [5.41, 5.74) is -0.217. The minimum absolute atomic E-state index is 0.202. The molecule has 1 aromatic heterocycles. The number of rotatable bonds is 3. The fraction of sp³-hybridized carbons (Fsp3) is 0.500. The van der Waals surface area contributed by atoms with E-state index in [2.05, 4.69) is 21.2 Å². The Bertz CT molecular complexity index is 368. The zero-order chi connectivity index (χ0) is 10.9. The van der Waals surface area contributed by atoms with E-state index in [4.69, 9.17) is 16.0 Å². The van der Waals surface area contributed by atoms with Gasteiger partial charge < -0.3 is 9.73 Å². The highest BCUT2D eigenvalue weighted by molar-refractivity contribution is 9.10. The van der Waals surface area contributed by atoms with Crippen LogP contribution in [-0.4, -0.2) is 17.3 Å². The van der Waals surface area contributed by atoms with Crippen LogP contribution in [-0.2, 0) is 0 Å². The molecule has 1 heterocycles. The summed E-state index contributed by atoms with van der Waals surface area (Å²) in [5, 5.41) is 2.93. The number of nitrogens with one attached hydrogen (secondary N) is 1. The van der Waals surface area contributed by atoms with Crippen molar-refractivity contribution in [2.24, 2.45) is 0 Å². The van der Waals surface area contributed by atoms with Gasteiger partial charge in [-0.05, 0) is 41.3 Å². The number of carbonyl (C=O) groups is 1. The fourth-order valence-electron chi connectivity index (χ4n) is 1.65. The molecule has 0 bridgehead atoms. The van der Waals surface area contributed by atoms with Gasteiger partial charge in [0, 0.05) is 5.88 Å². The number of halogens is 2. The second-order valence-corrected chi connectivity index (χ2v) is 4.94. The molecule has 0 radical (unpaired) electrons. The third kappa shape index (κ3) is 2.06. The van der Waals surface area contributed by atoms with Gasteiger partial charge in [0.25, 0.3) is 5.91 Å². The van der Waals surface area contributed by atoms with E-state index in [-0.39, 0.29) is 11.4 Å². The number of hydrogen-bond donors (Lipinski definition) is 1. The summed E-state index contributed by atoms with van der Waals surface area (Å²) < 4.78 is 5.75. The van der Waals surface area contributed by atoms with E-state index in [1.807, 2.05) is 0 Å². The second kappa shape index (κ2) is 4.18. The molecule has 15 heavy (non-hydrogen) atoms. The van der Waals surface area contributed by atoms with Crippen LogP contribution in [0.5, 0.6) is 0 Å². The lowest BCUT2D eigenvalue weighted by atomic mass is 9.78. The molecule has 1 aliphatic carbocycles. The average molecular weight is 293 g/mol. The Hall–Kier alpha value is -0.480. The standard InChI is InChI=1S/C10H11BrClNO2/c11-7-2-5-15-8(7)9(14)13-10(6-12)3-1-4-10/h2,5H,1,3-4,6H2,(H,13,14). The van der Waals surface area contributed by atoms with Crippen molar-refractivity contribution in [1.82, 2.24) is 5.32 Å². The molecule has 1 fully saturated rings. The SMILES string of the molecule is O=C(NC1(CCl)CCC1)c1occc1Br. The highest BCUT2D eigenvalue weighted by Crippen LogP contribution is 2.33. The maximum atomic E-state index is 11.8. The summed E-state index contributed by atoms with van der Waals surface area (Å²) >= 11 is 9.10. The summed E-state index contributed by atoms with van der Waals surface area (Å²) in [7, 11) is 0. The number of hydrogen-bond acceptors (Lipinski definition) is 2. The van der Waals surface area contributed by atoms with Gasteiger partial charge >= 0.3 is 0 Å². The van der Waals surface area contributed by atoms with E-state index in [1.165, 1.54) is 6.26 Å². The lowest BCUT2D eigenvalue weighted by molar-refractivity contribution is 0.0824. The average Bonchev–Trinajstić information content (AvgIpc) is 2.58. The molecule has 0 saturated heterocycles. The molecule has 0 atom stereocenters. The van der Waals surface area contributed by atoms with Crippen LogP contribution >= 0.6 is 27.5 Å². The first-order valence-electron chi connectivity index (χ1n) is 4.78. The fourth-order valence-corrected chi connectivity index (χ4v) is 2.36. The maximum absolute atomic E-state index is 11.8. The molecule has 0 spiro atoms. The molecule has 82 valence electrons. The quantitative estimate of drug-likeness (QED) is 0.870. The van der Waals surface area contributed by atoms with Crippen LogP contribution in [0, 0.1) is 0 Å². The van der Waals surface area contributed by atoms with Crippen LogP contribution in [0.1, 0.15) is 29.8 Å². The van der Waals surface area contributed by atoms with Gasteiger partial charge in [0.05, 0.1) is 16.3 Å². The number of carbonyl (C=O) groups excluding carboxylic acids is 1. The molecule has 1 aliphatic rings. The van der Waals surface area contributed by atoms with Gasteiger partial charge in [-0.1, -0.05) is 0 Å². The van der Waals surface area contributed by atoms with Crippen molar-refractivity contribution >= 4 is 33.4 Å². The van der Waals surface area contributed by atoms with Gasteiger partial charge in [0.15, 0.2) is 0 Å². The van der Waals surface area contributed by atoms with Crippen LogP contribution in [0.25, 0.3) is 0 Å². The van der Waals surface area contributed by atoms with Gasteiger partial charge in [-0.25, -0.2) is 0 Å². The molecule has 1 N–H and O–H groups in total. The summed E-state index contributed by atoms with van der Waals surface area (Å²) in [6.45, 7) is 0. The second-order valence-electron chi connectivity index (χ2n) is 3.82. The summed E-state index contributed by atoms with van der Waals surface area (Å²) in [6.07, 6.45) is 4.49. The maximum Gasteiger partial charge on any atom is 0.288 e. The van der Waals surface area contributed by atoms with Gasteiger partial charge in [-0.3, -0.25) is 4.79 Å². The lowest BCUT2D eigenvalue weighted by Gasteiger charge is -2.40. The van der Waals surface area contributed by atoms with Crippen molar-refractivity contribution in [1.29, 1.82) is 0 Å². The van der Waals surface area contributed by atoms with Crippen LogP contribution in [0.4, 0.5) is 0 Å². The number of alkyl halides is 1. The van der Waals surface area contributed by atoms with Gasteiger partial charge in [-0.15, -0.1) is 11.6 Å². The Balaban J connectivity index is 2.07. The Morgan fingerprint density at radius 1 is 1.67 bits per heavy atom. The van der Waals surface area contributed by atoms with Crippen molar-refractivity contribution in [3.05, 3.63) is 22.6 Å². The zero-order valence-electron chi connectivity index (χ0n) is 8.06. The first kappa shape index (κ1) is 11.0. The van der Waals surface area contributed by atoms with Crippen molar-refractivity contribution < 1.29 is 9.21 Å². The smallest absolute Gasteiger partial charge is 0.288 e. The van der Waals surface area contributed by atoms with Crippen LogP contribution in [0.3, 0.4) is 0 Å². The number of furan rings is 1. The third-order valence-electron chi connectivity index (χ3n) is 2.77. The van der Waals surface area contributed by atoms with E-state index in [1.54, 1.807) is 6.07 Å². The van der Waals surface area contributed by atoms with E-state index >= 15 is 0 Å². The van der Waals surface area contributed by atoms with Crippen molar-refractivity contribution in [2.75, 3.05) is 5.88 Å². The largest absolute Gasteiger partial charge is 0.458 e. The van der Waals surface area contributed by atoms with Crippen molar-refractivity contribution in [3.8, 4) is 0 Å². The molecule has 1 aromatic rings. The minimum atomic E-state index is -0.217. The molecule has 1 amide bonds. The zero-order valence-corrected chi connectivity index (χ0v) is 10.4. The lowest BCUT2D eigenvalue weighted by Crippen LogP contribution is -2.55. The highest BCUT2D eigenvalue weighted by Gasteiger charge is 2.38. The third-order valence-corrected chi connectivity index (χ3v) is 3.90. The molecule has 0 unspecified atom stereocenters. The Morgan fingerprint density at radius 2 is 2.40 bits per heavy atom. The van der Waals surface area contributed by atoms with Crippen LogP contribution in [0.2, 0.25) is 0 Å². The van der Waals surface area contributed by atoms with Crippen molar-refractivity contribution in [2.45, 2.75) is 24.8 Å². The molecule has 3 nitrogen and oxygen atoms in total. The Kier molecular flexibility index (Phi) is 3.07. The van der Waals surface area contributed by atoms with Crippen LogP contribution in [0.15, 0.2) is 21.2 Å². The minimum Gasteiger partial charge on any atom is -0.458 e. The summed E-state index contributed by atoms with van der Waals surface area (Å²) in [5.74, 6) is 0.565. The Morgan fingerprint density at radius 3 is 2.80 bits per heavy atom. The number of amides is 1. The molecular weight excluding hydrogens is 281 g/mol. The predicted octanol–water partition coefficient (Wildman–Crippen LogP) is 2.93. The summed E-state index contributed by atoms with van der Waals surface area (Å²) in [4.78, 5) is 11.8. The molecule has 1 saturated carbocycles. The van der Waals surface area contributed by atoms with Gasteiger partial charge in [0.2, 0.25) is 5.76 Å². The van der Waals surface area contributed by atoms with E-state index in [0.29, 0.717) is 16.1 Å². The first-order chi connectivity index (χ1) is 7.17. The van der Waals surface area contributed by atoms with E-state index < -0.39 is 0 Å². The molecule has 5 heteroatoms. The topological polar surface area (TPSA) is 42.2 Å². The molecule has 0 aliphatic heterocycles. The van der Waals surface area contributed by atoms with E-state index in [0.717, 1.165) is 19.3 Å². The van der Waals surface area contributed by atoms with Crippen molar-refractivity contribution in [3.63, 3.8) is 0 Å². The predicted molar refractivity (Wildman–Crippen MR) is 61.2 cm³/mol. The monoisotopic (exact) mass is 291 g/mol. The van der Waals surface area contributed by atoms with E-state index in [9.17, 15) is 4.79 Å². The van der Waals surface area contributed by atoms with Gasteiger partial charge in [0.1, 0.15) is 0 Å². The molecule has 2 rings (SSSR count). The molecular formula is C10H11BrClNO2.